The fourth-order valence-corrected chi connectivity index (χ4v) is 2.51. The molecule has 0 aliphatic carbocycles. The van der Waals surface area contributed by atoms with Gasteiger partial charge in [0.15, 0.2) is 29.1 Å². The van der Waals surface area contributed by atoms with E-state index in [9.17, 15) is 20.1 Å². The summed E-state index contributed by atoms with van der Waals surface area (Å²) < 4.78 is 16.3. The van der Waals surface area contributed by atoms with E-state index in [2.05, 4.69) is 0 Å². The molecule has 144 valence electrons. The van der Waals surface area contributed by atoms with Crippen molar-refractivity contribution in [2.24, 2.45) is 0 Å². The van der Waals surface area contributed by atoms with Crippen molar-refractivity contribution in [3.8, 4) is 23.0 Å². The molecule has 2 unspecified atom stereocenters. The van der Waals surface area contributed by atoms with Gasteiger partial charge in [0.25, 0.3) is 0 Å². The predicted molar refractivity (Wildman–Crippen MR) is 99.2 cm³/mol. The van der Waals surface area contributed by atoms with Crippen LogP contribution in [-0.2, 0) is 4.79 Å². The Labute approximate surface area is 157 Å². The van der Waals surface area contributed by atoms with E-state index in [1.54, 1.807) is 30.3 Å². The molecule has 0 saturated carbocycles. The lowest BCUT2D eigenvalue weighted by Crippen LogP contribution is -2.27. The van der Waals surface area contributed by atoms with Gasteiger partial charge >= 0.3 is 0 Å². The van der Waals surface area contributed by atoms with E-state index in [4.69, 9.17) is 14.2 Å². The number of benzene rings is 2. The maximum absolute atomic E-state index is 10.5. The summed E-state index contributed by atoms with van der Waals surface area (Å²) in [5, 5.41) is 29.4. The van der Waals surface area contributed by atoms with Crippen LogP contribution < -0.4 is 14.2 Å². The molecule has 0 aliphatic heterocycles. The van der Waals surface area contributed by atoms with Gasteiger partial charge in [-0.2, -0.15) is 0 Å². The van der Waals surface area contributed by atoms with E-state index in [0.717, 1.165) is 5.56 Å². The van der Waals surface area contributed by atoms with E-state index in [0.29, 0.717) is 23.3 Å². The highest BCUT2D eigenvalue weighted by molar-refractivity contribution is 5.74. The van der Waals surface area contributed by atoms with Gasteiger partial charge in [-0.05, 0) is 41.5 Å². The van der Waals surface area contributed by atoms with Crippen molar-refractivity contribution in [3.63, 3.8) is 0 Å². The molecule has 0 aliphatic rings. The quantitative estimate of drug-likeness (QED) is 0.456. The average molecular weight is 374 g/mol. The van der Waals surface area contributed by atoms with Gasteiger partial charge in [0.1, 0.15) is 12.4 Å². The Morgan fingerprint density at radius 3 is 2.41 bits per heavy atom. The van der Waals surface area contributed by atoms with Crippen molar-refractivity contribution in [1.82, 2.24) is 0 Å². The third-order valence-corrected chi connectivity index (χ3v) is 3.88. The fraction of sp³-hybridized carbons (Fsp3) is 0.250. The number of allylic oxidation sites excluding steroid dienone is 1. The number of aromatic hydroxyl groups is 1. The summed E-state index contributed by atoms with van der Waals surface area (Å²) in [7, 11) is 2.88. The Bertz CT molecular complexity index is 801. The molecule has 0 bridgehead atoms. The van der Waals surface area contributed by atoms with Crippen molar-refractivity contribution >= 4 is 12.4 Å². The van der Waals surface area contributed by atoms with E-state index >= 15 is 0 Å². The molecular weight excluding hydrogens is 352 g/mol. The number of rotatable bonds is 9. The molecule has 3 N–H and O–H groups in total. The Kier molecular flexibility index (Phi) is 7.22. The minimum absolute atomic E-state index is 0.0533. The van der Waals surface area contributed by atoms with E-state index < -0.39 is 18.8 Å². The van der Waals surface area contributed by atoms with Crippen LogP contribution in [0.15, 0.2) is 42.5 Å². The lowest BCUT2D eigenvalue weighted by molar-refractivity contribution is -0.104. The topological polar surface area (TPSA) is 105 Å². The van der Waals surface area contributed by atoms with Crippen LogP contribution in [0.5, 0.6) is 23.0 Å². The van der Waals surface area contributed by atoms with Gasteiger partial charge in [0.05, 0.1) is 20.8 Å². The van der Waals surface area contributed by atoms with Gasteiger partial charge in [0.2, 0.25) is 0 Å². The summed E-state index contributed by atoms with van der Waals surface area (Å²) in [5.74, 6) is 0.893. The zero-order valence-electron chi connectivity index (χ0n) is 15.0. The lowest BCUT2D eigenvalue weighted by atomic mass is 10.0. The van der Waals surface area contributed by atoms with Gasteiger partial charge in [-0.15, -0.1) is 0 Å². The number of methoxy groups -OCH3 is 2. The van der Waals surface area contributed by atoms with E-state index in [-0.39, 0.29) is 11.5 Å². The first-order valence-corrected chi connectivity index (χ1v) is 8.16. The van der Waals surface area contributed by atoms with Crippen molar-refractivity contribution in [2.75, 3.05) is 20.8 Å². The first-order chi connectivity index (χ1) is 13.0. The zero-order valence-corrected chi connectivity index (χ0v) is 15.0. The number of aliphatic hydroxyl groups is 2. The maximum atomic E-state index is 10.5. The van der Waals surface area contributed by atoms with E-state index in [1.807, 2.05) is 0 Å². The molecule has 0 aromatic heterocycles. The highest BCUT2D eigenvalue weighted by atomic mass is 16.5. The average Bonchev–Trinajstić information content (AvgIpc) is 2.70. The molecule has 2 atom stereocenters. The summed E-state index contributed by atoms with van der Waals surface area (Å²) in [5.41, 5.74) is 1.23. The van der Waals surface area contributed by atoms with Crippen LogP contribution in [0.25, 0.3) is 6.08 Å². The Morgan fingerprint density at radius 1 is 1.04 bits per heavy atom. The number of aldehydes is 1. The molecule has 0 radical (unpaired) electrons. The first-order valence-electron chi connectivity index (χ1n) is 8.16. The van der Waals surface area contributed by atoms with Crippen molar-refractivity contribution in [3.05, 3.63) is 53.6 Å². The minimum Gasteiger partial charge on any atom is -0.504 e. The Hall–Kier alpha value is -3.03. The zero-order chi connectivity index (χ0) is 19.8. The molecule has 0 spiro atoms. The molecule has 7 heteroatoms. The number of hydrogen-bond donors (Lipinski definition) is 3. The second kappa shape index (κ2) is 9.61. The predicted octanol–water partition coefficient (Wildman–Crippen LogP) is 2.09. The monoisotopic (exact) mass is 374 g/mol. The van der Waals surface area contributed by atoms with Crippen LogP contribution in [0.4, 0.5) is 0 Å². The van der Waals surface area contributed by atoms with Crippen molar-refractivity contribution in [1.29, 1.82) is 0 Å². The third kappa shape index (κ3) is 4.99. The van der Waals surface area contributed by atoms with Gasteiger partial charge in [0, 0.05) is 0 Å². The minimum atomic E-state index is -1.22. The smallest absolute Gasteiger partial charge is 0.162 e. The maximum Gasteiger partial charge on any atom is 0.162 e. The number of phenolic OH excluding ortho intramolecular Hbond substituents is 1. The second-order valence-electron chi connectivity index (χ2n) is 5.63. The number of phenols is 1. The Morgan fingerprint density at radius 2 is 1.78 bits per heavy atom. The molecule has 0 heterocycles. The summed E-state index contributed by atoms with van der Waals surface area (Å²) >= 11 is 0. The van der Waals surface area contributed by atoms with Crippen LogP contribution >= 0.6 is 0 Å². The Balaban J connectivity index is 2.39. The number of hydrogen-bond acceptors (Lipinski definition) is 7. The lowest BCUT2D eigenvalue weighted by Gasteiger charge is -2.25. The fourth-order valence-electron chi connectivity index (χ4n) is 2.51. The van der Waals surface area contributed by atoms with Crippen LogP contribution in [0, 0.1) is 0 Å². The summed E-state index contributed by atoms with van der Waals surface area (Å²) in [6, 6.07) is 9.53. The second-order valence-corrected chi connectivity index (χ2v) is 5.63. The molecule has 2 rings (SSSR count). The molecule has 0 fully saturated rings. The van der Waals surface area contributed by atoms with Crippen molar-refractivity contribution in [2.45, 2.75) is 12.2 Å². The van der Waals surface area contributed by atoms with Gasteiger partial charge in [-0.1, -0.05) is 18.2 Å². The van der Waals surface area contributed by atoms with Gasteiger partial charge in [-0.3, -0.25) is 4.79 Å². The summed E-state index contributed by atoms with van der Waals surface area (Å²) in [6.07, 6.45) is 1.48. The molecule has 7 nitrogen and oxygen atoms in total. The summed E-state index contributed by atoms with van der Waals surface area (Å²) in [4.78, 5) is 10.5. The van der Waals surface area contributed by atoms with Crippen molar-refractivity contribution < 1.29 is 34.3 Å². The highest BCUT2D eigenvalue weighted by Crippen LogP contribution is 2.36. The molecule has 27 heavy (non-hydrogen) atoms. The molecule has 2 aromatic carbocycles. The molecule has 0 amide bonds. The molecular formula is C20H22O7. The highest BCUT2D eigenvalue weighted by Gasteiger charge is 2.25. The van der Waals surface area contributed by atoms with Crippen LogP contribution in [0.3, 0.4) is 0 Å². The van der Waals surface area contributed by atoms with Gasteiger partial charge in [-0.25, -0.2) is 0 Å². The van der Waals surface area contributed by atoms with E-state index in [1.165, 1.54) is 32.4 Å². The number of carbonyl (C=O) groups excluding carboxylic acids is 1. The van der Waals surface area contributed by atoms with Crippen LogP contribution in [0.1, 0.15) is 17.2 Å². The normalized spacial score (nSPS) is 13.2. The van der Waals surface area contributed by atoms with Crippen LogP contribution in [0.2, 0.25) is 0 Å². The number of carbonyl (C=O) groups is 1. The van der Waals surface area contributed by atoms with Crippen LogP contribution in [-0.4, -0.2) is 48.5 Å². The summed E-state index contributed by atoms with van der Waals surface area (Å²) in [6.45, 7) is -0.531. The largest absolute Gasteiger partial charge is 0.504 e. The number of ether oxygens (including phenoxy) is 3. The SMILES string of the molecule is COc1cc(C(Oc2ccc(C=CC=O)cc2OC)C(O)CO)ccc1O. The standard InChI is InChI=1S/C20H22O7/c1-25-18-11-14(6-7-15(18)23)20(16(24)12-22)27-17-8-5-13(4-3-9-21)10-19(17)26-2/h3-11,16,20,22-24H,12H2,1-2H3. The van der Waals surface area contributed by atoms with Gasteiger partial charge < -0.3 is 29.5 Å². The third-order valence-electron chi connectivity index (χ3n) is 3.88. The number of aliphatic hydroxyl groups excluding tert-OH is 2. The first kappa shape index (κ1) is 20.3. The molecule has 0 saturated heterocycles. The molecule has 2 aromatic rings.